The quantitative estimate of drug-likeness (QED) is 0.845. The average molecular weight is 374 g/mol. The Kier molecular flexibility index (Phi) is 4.35. The Balaban J connectivity index is 2.13. The Bertz CT molecular complexity index is 573. The Labute approximate surface area is 122 Å². The fraction of sp³-hybridized carbons (Fsp3) is 0.154. The van der Waals surface area contributed by atoms with Gasteiger partial charge in [-0.1, -0.05) is 0 Å². The van der Waals surface area contributed by atoms with Crippen LogP contribution in [0.5, 0.6) is 0 Å². The topological polar surface area (TPSA) is 24.9 Å². The van der Waals surface area contributed by atoms with Gasteiger partial charge in [0.05, 0.1) is 4.47 Å². The van der Waals surface area contributed by atoms with E-state index >= 15 is 0 Å². The summed E-state index contributed by atoms with van der Waals surface area (Å²) >= 11 is 6.56. The molecule has 0 atom stereocenters. The molecule has 2 rings (SSSR count). The molecule has 1 heterocycles. The van der Waals surface area contributed by atoms with Gasteiger partial charge in [0.15, 0.2) is 0 Å². The molecule has 0 aliphatic heterocycles. The Hall–Kier alpha value is -0.940. The van der Waals surface area contributed by atoms with Gasteiger partial charge in [-0.15, -0.1) is 0 Å². The van der Waals surface area contributed by atoms with E-state index in [0.29, 0.717) is 11.0 Å². The van der Waals surface area contributed by atoms with E-state index in [4.69, 9.17) is 0 Å². The number of hydrogen-bond donors (Lipinski definition) is 1. The van der Waals surface area contributed by atoms with Crippen molar-refractivity contribution in [3.05, 3.63) is 56.5 Å². The van der Waals surface area contributed by atoms with Gasteiger partial charge in [0, 0.05) is 29.1 Å². The maximum Gasteiger partial charge on any atom is 0.137 e. The first-order valence-corrected chi connectivity index (χ1v) is 6.94. The molecule has 0 amide bonds. The molecule has 0 saturated carbocycles. The minimum absolute atomic E-state index is 0.248. The first-order valence-electron chi connectivity index (χ1n) is 5.35. The van der Waals surface area contributed by atoms with Crippen LogP contribution < -0.4 is 5.32 Å². The third-order valence-corrected chi connectivity index (χ3v) is 3.55. The fourth-order valence-corrected chi connectivity index (χ4v) is 2.34. The molecule has 0 spiro atoms. The Morgan fingerprint density at radius 2 is 2.00 bits per heavy atom. The van der Waals surface area contributed by atoms with Crippen molar-refractivity contribution in [2.75, 3.05) is 5.32 Å². The average Bonchev–Trinajstić information content (AvgIpc) is 2.32. The summed E-state index contributed by atoms with van der Waals surface area (Å²) in [6.45, 7) is 2.52. The molecule has 0 radical (unpaired) electrons. The van der Waals surface area contributed by atoms with E-state index in [1.807, 2.05) is 13.0 Å². The van der Waals surface area contributed by atoms with E-state index in [1.165, 1.54) is 6.07 Å². The molecule has 1 N–H and O–H groups in total. The van der Waals surface area contributed by atoms with Crippen LogP contribution in [0, 0.1) is 12.7 Å². The van der Waals surface area contributed by atoms with Crippen LogP contribution in [0.25, 0.3) is 0 Å². The third-order valence-electron chi connectivity index (χ3n) is 2.51. The van der Waals surface area contributed by atoms with Crippen molar-refractivity contribution in [3.8, 4) is 0 Å². The Morgan fingerprint density at radius 1 is 1.22 bits per heavy atom. The summed E-state index contributed by atoms with van der Waals surface area (Å²) in [6, 6.07) is 5.25. The van der Waals surface area contributed by atoms with Gasteiger partial charge in [0.1, 0.15) is 5.82 Å². The number of hydrogen-bond acceptors (Lipinski definition) is 2. The van der Waals surface area contributed by atoms with Gasteiger partial charge < -0.3 is 5.32 Å². The van der Waals surface area contributed by atoms with E-state index in [2.05, 4.69) is 42.2 Å². The molecule has 1 aromatic heterocycles. The van der Waals surface area contributed by atoms with Gasteiger partial charge in [0.25, 0.3) is 0 Å². The lowest BCUT2D eigenvalue weighted by Crippen LogP contribution is -2.02. The summed E-state index contributed by atoms with van der Waals surface area (Å²) in [5, 5.41) is 3.27. The highest BCUT2D eigenvalue weighted by Gasteiger charge is 2.05. The van der Waals surface area contributed by atoms with Crippen molar-refractivity contribution in [3.63, 3.8) is 0 Å². The van der Waals surface area contributed by atoms with Crippen molar-refractivity contribution < 1.29 is 4.39 Å². The second-order valence-corrected chi connectivity index (χ2v) is 5.72. The third kappa shape index (κ3) is 3.29. The van der Waals surface area contributed by atoms with E-state index < -0.39 is 0 Å². The van der Waals surface area contributed by atoms with Crippen LogP contribution in [0.15, 0.2) is 39.5 Å². The minimum atomic E-state index is -0.248. The van der Waals surface area contributed by atoms with Gasteiger partial charge in [-0.2, -0.15) is 0 Å². The van der Waals surface area contributed by atoms with Gasteiger partial charge >= 0.3 is 0 Å². The van der Waals surface area contributed by atoms with Crippen LogP contribution in [0.3, 0.4) is 0 Å². The molecule has 0 fully saturated rings. The second-order valence-electron chi connectivity index (χ2n) is 3.95. The monoisotopic (exact) mass is 372 g/mol. The molecule has 0 saturated heterocycles. The number of nitrogens with zero attached hydrogens (tertiary/aromatic N) is 1. The molecule has 0 unspecified atom stereocenters. The minimum Gasteiger partial charge on any atom is -0.381 e. The fourth-order valence-electron chi connectivity index (χ4n) is 1.59. The molecule has 2 aromatic rings. The summed E-state index contributed by atoms with van der Waals surface area (Å²) in [5.41, 5.74) is 2.84. The lowest BCUT2D eigenvalue weighted by Gasteiger charge is -2.10. The number of halogens is 3. The second kappa shape index (κ2) is 5.80. The van der Waals surface area contributed by atoms with Gasteiger partial charge in [-0.25, -0.2) is 4.39 Å². The molecule has 0 aliphatic rings. The normalized spacial score (nSPS) is 10.4. The lowest BCUT2D eigenvalue weighted by atomic mass is 10.2. The predicted octanol–water partition coefficient (Wildman–Crippen LogP) is 4.67. The molecular formula is C13H11Br2FN2. The zero-order valence-corrected chi connectivity index (χ0v) is 12.8. The molecule has 94 valence electrons. The zero-order valence-electron chi connectivity index (χ0n) is 9.67. The molecule has 0 bridgehead atoms. The summed E-state index contributed by atoms with van der Waals surface area (Å²) in [5.74, 6) is -0.248. The highest BCUT2D eigenvalue weighted by atomic mass is 79.9. The smallest absolute Gasteiger partial charge is 0.137 e. The highest BCUT2D eigenvalue weighted by molar-refractivity contribution is 9.10. The van der Waals surface area contributed by atoms with E-state index in [-0.39, 0.29) is 5.82 Å². The largest absolute Gasteiger partial charge is 0.381 e. The van der Waals surface area contributed by atoms with Crippen LogP contribution in [0.2, 0.25) is 0 Å². The van der Waals surface area contributed by atoms with Gasteiger partial charge in [-0.3, -0.25) is 4.98 Å². The number of aromatic nitrogens is 1. The van der Waals surface area contributed by atoms with Crippen LogP contribution in [-0.2, 0) is 6.54 Å². The number of pyridine rings is 1. The summed E-state index contributed by atoms with van der Waals surface area (Å²) in [4.78, 5) is 4.09. The molecule has 0 aliphatic carbocycles. The summed E-state index contributed by atoms with van der Waals surface area (Å²) in [7, 11) is 0. The SMILES string of the molecule is Cc1cc(F)c(Br)cc1NCc1cncc(Br)c1. The van der Waals surface area contributed by atoms with Crippen LogP contribution >= 0.6 is 31.9 Å². The van der Waals surface area contributed by atoms with Gasteiger partial charge in [-0.05, 0) is 68.1 Å². The summed E-state index contributed by atoms with van der Waals surface area (Å²) in [6.07, 6.45) is 3.54. The molecule has 1 aromatic carbocycles. The maximum absolute atomic E-state index is 13.3. The lowest BCUT2D eigenvalue weighted by molar-refractivity contribution is 0.620. The molecule has 5 heteroatoms. The molecule has 2 nitrogen and oxygen atoms in total. The maximum atomic E-state index is 13.3. The highest BCUT2D eigenvalue weighted by Crippen LogP contribution is 2.24. The van der Waals surface area contributed by atoms with Crippen molar-refractivity contribution in [1.29, 1.82) is 0 Å². The van der Waals surface area contributed by atoms with Crippen LogP contribution in [0.4, 0.5) is 10.1 Å². The van der Waals surface area contributed by atoms with E-state index in [0.717, 1.165) is 21.3 Å². The first kappa shape index (κ1) is 13.5. The zero-order chi connectivity index (χ0) is 13.1. The van der Waals surface area contributed by atoms with Gasteiger partial charge in [0.2, 0.25) is 0 Å². The van der Waals surface area contributed by atoms with E-state index in [9.17, 15) is 4.39 Å². The number of anilines is 1. The first-order chi connectivity index (χ1) is 8.56. The van der Waals surface area contributed by atoms with Crippen molar-refractivity contribution in [2.24, 2.45) is 0 Å². The molecule has 18 heavy (non-hydrogen) atoms. The van der Waals surface area contributed by atoms with Crippen LogP contribution in [0.1, 0.15) is 11.1 Å². The van der Waals surface area contributed by atoms with Crippen molar-refractivity contribution in [1.82, 2.24) is 4.98 Å². The Morgan fingerprint density at radius 3 is 2.72 bits per heavy atom. The number of rotatable bonds is 3. The number of aryl methyl sites for hydroxylation is 1. The molecular weight excluding hydrogens is 363 g/mol. The standard InChI is InChI=1S/C13H11Br2FN2/c1-8-2-12(16)11(15)4-13(8)18-6-9-3-10(14)7-17-5-9/h2-5,7,18H,6H2,1H3. The van der Waals surface area contributed by atoms with Crippen molar-refractivity contribution >= 4 is 37.5 Å². The predicted molar refractivity (Wildman–Crippen MR) is 78.1 cm³/mol. The van der Waals surface area contributed by atoms with Crippen molar-refractivity contribution in [2.45, 2.75) is 13.5 Å². The number of nitrogens with one attached hydrogen (secondary N) is 1. The van der Waals surface area contributed by atoms with E-state index in [1.54, 1.807) is 18.5 Å². The summed E-state index contributed by atoms with van der Waals surface area (Å²) < 4.78 is 14.7. The van der Waals surface area contributed by atoms with Crippen LogP contribution in [-0.4, -0.2) is 4.98 Å². The number of benzene rings is 1.